The van der Waals surface area contributed by atoms with Crippen molar-refractivity contribution >= 4 is 47.6 Å². The quantitative estimate of drug-likeness (QED) is 0.111. The lowest BCUT2D eigenvalue weighted by atomic mass is 10.1. The van der Waals surface area contributed by atoms with E-state index < -0.39 is 0 Å². The second-order valence-electron chi connectivity index (χ2n) is 12.7. The van der Waals surface area contributed by atoms with Crippen LogP contribution < -0.4 is 14.2 Å². The molecule has 0 bridgehead atoms. The van der Waals surface area contributed by atoms with E-state index in [1.165, 1.54) is 17.2 Å². The predicted octanol–water partition coefficient (Wildman–Crippen LogP) is 9.92. The number of ether oxygens (including phenoxy) is 3. The number of carbonyl (C=O) groups excluding carboxylic acids is 1. The monoisotopic (exact) mass is 775 g/mol. The molecule has 1 aliphatic heterocycles. The van der Waals surface area contributed by atoms with E-state index in [1.54, 1.807) is 49.5 Å². The van der Waals surface area contributed by atoms with Crippen molar-refractivity contribution in [2.24, 2.45) is 0 Å². The van der Waals surface area contributed by atoms with E-state index in [0.29, 0.717) is 52.7 Å². The van der Waals surface area contributed by atoms with Gasteiger partial charge in [-0.15, -0.1) is 12.4 Å². The molecule has 6 rings (SSSR count). The molecule has 0 radical (unpaired) electrons. The Balaban J connectivity index is 0.00000541. The number of aryl methyl sites for hydroxylation is 1. The third-order valence-corrected chi connectivity index (χ3v) is 9.48. The molecule has 0 spiro atoms. The number of benzene rings is 4. The summed E-state index contributed by atoms with van der Waals surface area (Å²) < 4.78 is 31.4. The number of piperazine rings is 1. The lowest BCUT2D eigenvalue weighted by molar-refractivity contribution is -0.127. The van der Waals surface area contributed by atoms with Crippen LogP contribution in [-0.2, 0) is 24.4 Å². The zero-order valence-electron chi connectivity index (χ0n) is 29.6. The Labute approximate surface area is 326 Å². The van der Waals surface area contributed by atoms with Crippen molar-refractivity contribution < 1.29 is 23.4 Å². The molecule has 7 nitrogen and oxygen atoms in total. The van der Waals surface area contributed by atoms with Crippen molar-refractivity contribution in [1.29, 1.82) is 0 Å². The van der Waals surface area contributed by atoms with Crippen molar-refractivity contribution in [2.45, 2.75) is 33.4 Å². The van der Waals surface area contributed by atoms with Crippen molar-refractivity contribution in [3.8, 4) is 23.1 Å². The van der Waals surface area contributed by atoms with Gasteiger partial charge in [0, 0.05) is 56.3 Å². The van der Waals surface area contributed by atoms with Crippen LogP contribution in [0.5, 0.6) is 23.1 Å². The van der Waals surface area contributed by atoms with Gasteiger partial charge in [-0.2, -0.15) is 0 Å². The minimum Gasteiger partial charge on any atom is -0.493 e. The lowest BCUT2D eigenvalue weighted by Gasteiger charge is -2.34. The number of pyridine rings is 1. The van der Waals surface area contributed by atoms with Gasteiger partial charge < -0.3 is 19.1 Å². The average molecular weight is 777 g/mol. The fourth-order valence-corrected chi connectivity index (χ4v) is 6.30. The Bertz CT molecular complexity index is 1980. The van der Waals surface area contributed by atoms with Gasteiger partial charge in [-0.1, -0.05) is 59.6 Å². The first-order chi connectivity index (χ1) is 25.2. The van der Waals surface area contributed by atoms with Gasteiger partial charge >= 0.3 is 0 Å². The van der Waals surface area contributed by atoms with Crippen LogP contribution in [0.25, 0.3) is 6.08 Å². The highest BCUT2D eigenvalue weighted by molar-refractivity contribution is 6.32. The summed E-state index contributed by atoms with van der Waals surface area (Å²) in [6, 6.07) is 28.1. The highest BCUT2D eigenvalue weighted by Gasteiger charge is 2.20. The average Bonchev–Trinajstić information content (AvgIpc) is 3.15. The number of nitrogens with zero attached hydrogens (tertiary/aromatic N) is 3. The van der Waals surface area contributed by atoms with Crippen molar-refractivity contribution in [1.82, 2.24) is 14.8 Å². The van der Waals surface area contributed by atoms with E-state index in [9.17, 15) is 9.18 Å². The van der Waals surface area contributed by atoms with Crippen molar-refractivity contribution in [3.05, 3.63) is 153 Å². The van der Waals surface area contributed by atoms with E-state index in [4.69, 9.17) is 37.4 Å². The largest absolute Gasteiger partial charge is 0.493 e. The fourth-order valence-electron chi connectivity index (χ4n) is 5.86. The molecule has 276 valence electrons. The van der Waals surface area contributed by atoms with E-state index in [1.807, 2.05) is 48.2 Å². The zero-order chi connectivity index (χ0) is 36.5. The molecule has 1 aliphatic rings. The van der Waals surface area contributed by atoms with Crippen LogP contribution in [0.4, 0.5) is 4.39 Å². The Hall–Kier alpha value is -4.60. The highest BCUT2D eigenvalue weighted by Crippen LogP contribution is 2.34. The van der Waals surface area contributed by atoms with Gasteiger partial charge in [0.2, 0.25) is 11.8 Å². The molecular weight excluding hydrogens is 736 g/mol. The number of rotatable bonds is 13. The summed E-state index contributed by atoms with van der Waals surface area (Å²) in [5.41, 5.74) is 5.40. The molecule has 0 aliphatic carbocycles. The molecule has 0 atom stereocenters. The minimum atomic E-state index is -0.263. The number of hydrogen-bond donors (Lipinski definition) is 0. The summed E-state index contributed by atoms with van der Waals surface area (Å²) >= 11 is 12.6. The molecule has 5 aromatic rings. The molecule has 1 fully saturated rings. The van der Waals surface area contributed by atoms with Gasteiger partial charge in [-0.25, -0.2) is 9.37 Å². The molecule has 0 N–H and O–H groups in total. The van der Waals surface area contributed by atoms with E-state index >= 15 is 0 Å². The van der Waals surface area contributed by atoms with Crippen LogP contribution in [0, 0.1) is 19.7 Å². The number of carbonyl (C=O) groups is 1. The Morgan fingerprint density at radius 2 is 1.58 bits per heavy atom. The first-order valence-electron chi connectivity index (χ1n) is 17.2. The molecule has 2 heterocycles. The molecule has 1 saturated heterocycles. The molecule has 0 unspecified atom stereocenters. The maximum atomic E-state index is 13.8. The smallest absolute Gasteiger partial charge is 0.246 e. The van der Waals surface area contributed by atoms with Gasteiger partial charge in [0.1, 0.15) is 23.9 Å². The standard InChI is InChI=1S/C42H40Cl2FN3O4.ClH/c1-29-24-33(25-38(44)42(29)52-40-16-15-37(26-46-40)51-28-34-4-3-5-39(45)30(34)2)10-17-41(49)48-21-19-47(20-22-48)27-32-8-6-31(7-9-32)18-23-50-36-13-11-35(43)12-14-36;/h3-17,24-26H,18-23,27-28H2,1-2H3;1H. The maximum absolute atomic E-state index is 13.8. The van der Waals surface area contributed by atoms with Gasteiger partial charge in [0.25, 0.3) is 0 Å². The molecule has 1 amide bonds. The Morgan fingerprint density at radius 3 is 2.28 bits per heavy atom. The van der Waals surface area contributed by atoms with Crippen LogP contribution in [-0.4, -0.2) is 53.5 Å². The third-order valence-electron chi connectivity index (χ3n) is 8.95. The number of amides is 1. The van der Waals surface area contributed by atoms with E-state index in [-0.39, 0.29) is 30.7 Å². The molecule has 11 heteroatoms. The summed E-state index contributed by atoms with van der Waals surface area (Å²) in [5, 5.41) is 1.10. The maximum Gasteiger partial charge on any atom is 0.246 e. The predicted molar refractivity (Wildman–Crippen MR) is 211 cm³/mol. The molecule has 53 heavy (non-hydrogen) atoms. The van der Waals surface area contributed by atoms with Crippen molar-refractivity contribution in [3.63, 3.8) is 0 Å². The summed E-state index contributed by atoms with van der Waals surface area (Å²) in [7, 11) is 0. The van der Waals surface area contributed by atoms with E-state index in [0.717, 1.165) is 48.5 Å². The number of aromatic nitrogens is 1. The van der Waals surface area contributed by atoms with Gasteiger partial charge in [0.05, 0.1) is 17.8 Å². The normalized spacial score (nSPS) is 13.1. The molecular formula is C42H41Cl3FN3O4. The summed E-state index contributed by atoms with van der Waals surface area (Å²) in [5.74, 6) is 1.89. The molecule has 4 aromatic carbocycles. The van der Waals surface area contributed by atoms with E-state index in [2.05, 4.69) is 34.1 Å². The molecule has 1 aromatic heterocycles. The van der Waals surface area contributed by atoms with Gasteiger partial charge in [0.15, 0.2) is 5.75 Å². The van der Waals surface area contributed by atoms with Crippen LogP contribution in [0.2, 0.25) is 10.0 Å². The third kappa shape index (κ3) is 11.2. The topological polar surface area (TPSA) is 64.1 Å². The second-order valence-corrected chi connectivity index (χ2v) is 13.5. The SMILES string of the molecule is Cc1cc(C=CC(=O)N2CCN(Cc3ccc(CCOc4ccc(Cl)cc4)cc3)CC2)cc(Cl)c1Oc1ccc(OCc2cccc(F)c2C)cn1.Cl. The van der Waals surface area contributed by atoms with Crippen LogP contribution in [0.1, 0.15) is 33.4 Å². The first kappa shape index (κ1) is 39.6. The minimum absolute atomic E-state index is 0. The second kappa shape index (κ2) is 18.9. The zero-order valence-corrected chi connectivity index (χ0v) is 31.9. The highest BCUT2D eigenvalue weighted by atomic mass is 35.5. The van der Waals surface area contributed by atoms with Crippen molar-refractivity contribution in [2.75, 3.05) is 32.8 Å². The Morgan fingerprint density at radius 1 is 0.868 bits per heavy atom. The first-order valence-corrected chi connectivity index (χ1v) is 17.9. The fraction of sp³-hybridized carbons (Fsp3) is 0.238. The Kier molecular flexibility index (Phi) is 14.2. The number of halogens is 4. The van der Waals surface area contributed by atoms with Crippen LogP contribution in [0.15, 0.2) is 103 Å². The van der Waals surface area contributed by atoms with Gasteiger partial charge in [-0.05, 0) is 102 Å². The van der Waals surface area contributed by atoms with Crippen LogP contribution >= 0.6 is 35.6 Å². The number of hydrogen-bond acceptors (Lipinski definition) is 6. The lowest BCUT2D eigenvalue weighted by Crippen LogP contribution is -2.47. The molecule has 0 saturated carbocycles. The summed E-state index contributed by atoms with van der Waals surface area (Å²) in [4.78, 5) is 21.6. The summed E-state index contributed by atoms with van der Waals surface area (Å²) in [6.45, 7) is 8.23. The summed E-state index contributed by atoms with van der Waals surface area (Å²) in [6.07, 6.45) is 5.76. The van der Waals surface area contributed by atoms with Crippen LogP contribution in [0.3, 0.4) is 0 Å². The van der Waals surface area contributed by atoms with Gasteiger partial charge in [-0.3, -0.25) is 9.69 Å².